The summed E-state index contributed by atoms with van der Waals surface area (Å²) < 4.78 is 0. The van der Waals surface area contributed by atoms with Gasteiger partial charge in [-0.3, -0.25) is 9.69 Å². The van der Waals surface area contributed by atoms with Gasteiger partial charge in [0.15, 0.2) is 0 Å². The first-order valence-corrected chi connectivity index (χ1v) is 9.16. The van der Waals surface area contributed by atoms with Crippen molar-refractivity contribution in [1.82, 2.24) is 15.3 Å². The quantitative estimate of drug-likeness (QED) is 0.638. The van der Waals surface area contributed by atoms with Gasteiger partial charge in [-0.15, -0.1) is 0 Å². The number of anilines is 1. The smallest absolute Gasteiger partial charge is 0.242 e. The number of hydrogen-bond acceptors (Lipinski definition) is 5. The van der Waals surface area contributed by atoms with Crippen LogP contribution in [0.4, 0.5) is 5.69 Å². The molecule has 0 saturated carbocycles. The zero-order chi connectivity index (χ0) is 19.3. The molecular weight excluding hydrogens is 362 g/mol. The first-order valence-electron chi connectivity index (χ1n) is 8.73. The predicted octanol–water partition coefficient (Wildman–Crippen LogP) is 3.50. The lowest BCUT2D eigenvalue weighted by atomic mass is 9.85. The first kappa shape index (κ1) is 17.7. The van der Waals surface area contributed by atoms with Crippen LogP contribution in [0.15, 0.2) is 47.5 Å². The molecule has 1 unspecified atom stereocenters. The average Bonchev–Trinajstić information content (AvgIpc) is 2.81. The van der Waals surface area contributed by atoms with E-state index in [1.165, 1.54) is 0 Å². The first-order chi connectivity index (χ1) is 12.8. The maximum atomic E-state index is 13.2. The summed E-state index contributed by atoms with van der Waals surface area (Å²) in [4.78, 5) is 27.7. The Hall–Kier alpha value is -2.73. The predicted molar refractivity (Wildman–Crippen MR) is 107 cm³/mol. The number of carbonyl (C=O) groups excluding carboxylic acids is 1. The monoisotopic (exact) mass is 381 g/mol. The van der Waals surface area contributed by atoms with Crippen molar-refractivity contribution in [2.45, 2.75) is 38.6 Å². The maximum Gasteiger partial charge on any atom is 0.242 e. The van der Waals surface area contributed by atoms with Crippen molar-refractivity contribution in [2.75, 3.05) is 4.90 Å². The molecule has 0 aliphatic carbocycles. The molecule has 0 radical (unpaired) electrons. The van der Waals surface area contributed by atoms with Gasteiger partial charge in [0.25, 0.3) is 0 Å². The zero-order valence-electron chi connectivity index (χ0n) is 15.6. The van der Waals surface area contributed by atoms with Gasteiger partial charge >= 0.3 is 0 Å². The molecule has 7 heteroatoms. The number of rotatable bonds is 2. The lowest BCUT2D eigenvalue weighted by Crippen LogP contribution is -2.42. The fourth-order valence-corrected chi connectivity index (χ4v) is 3.72. The Kier molecular flexibility index (Phi) is 4.03. The Morgan fingerprint density at radius 1 is 1.15 bits per heavy atom. The molecule has 2 aliphatic rings. The highest BCUT2D eigenvalue weighted by molar-refractivity contribution is 6.23. The number of amidine groups is 1. The van der Waals surface area contributed by atoms with Crippen molar-refractivity contribution in [3.8, 4) is 11.1 Å². The van der Waals surface area contributed by atoms with E-state index in [4.69, 9.17) is 11.6 Å². The van der Waals surface area contributed by atoms with Gasteiger partial charge in [0.1, 0.15) is 23.0 Å². The third kappa shape index (κ3) is 2.90. The van der Waals surface area contributed by atoms with Crippen molar-refractivity contribution in [1.29, 1.82) is 0 Å². The van der Waals surface area contributed by atoms with Crippen LogP contribution in [0.3, 0.4) is 0 Å². The molecule has 2 aromatic rings. The van der Waals surface area contributed by atoms with Crippen LogP contribution in [-0.4, -0.2) is 27.2 Å². The lowest BCUT2D eigenvalue weighted by Gasteiger charge is -2.27. The second kappa shape index (κ2) is 6.16. The Morgan fingerprint density at radius 2 is 1.85 bits per heavy atom. The van der Waals surface area contributed by atoms with Crippen molar-refractivity contribution in [3.05, 3.63) is 53.9 Å². The Labute approximate surface area is 163 Å². The Morgan fingerprint density at radius 3 is 2.52 bits per heavy atom. The molecule has 27 heavy (non-hydrogen) atoms. The number of nitrogens with one attached hydrogen (secondary N) is 1. The van der Waals surface area contributed by atoms with Crippen molar-refractivity contribution >= 4 is 29.0 Å². The molecule has 0 fully saturated rings. The molecule has 0 saturated heterocycles. The van der Waals surface area contributed by atoms with Crippen molar-refractivity contribution in [2.24, 2.45) is 4.99 Å². The molecule has 1 aromatic heterocycles. The summed E-state index contributed by atoms with van der Waals surface area (Å²) in [6, 6.07) is 6.01. The normalized spacial score (nSPS) is 20.7. The van der Waals surface area contributed by atoms with E-state index in [9.17, 15) is 4.79 Å². The maximum absolute atomic E-state index is 13.2. The number of alkyl halides is 1. The van der Waals surface area contributed by atoms with Gasteiger partial charge in [-0.2, -0.15) is 0 Å². The molecule has 2 aliphatic heterocycles. The number of fused-ring (bicyclic) bond motifs is 1. The number of halogens is 1. The Bertz CT molecular complexity index is 994. The van der Waals surface area contributed by atoms with Crippen LogP contribution in [0.2, 0.25) is 0 Å². The SMILES string of the molecule is CC1=NC(Cl)C=C(N2C(=O)C(C)(C)c3ccc(-c4cnc(C)nc4)cc32)N1. The minimum Gasteiger partial charge on any atom is -0.330 e. The number of amides is 1. The summed E-state index contributed by atoms with van der Waals surface area (Å²) in [5.74, 6) is 2.02. The number of aryl methyl sites for hydroxylation is 1. The molecule has 0 bridgehead atoms. The molecular formula is C20H20ClN5O. The highest BCUT2D eigenvalue weighted by atomic mass is 35.5. The standard InChI is InChI=1S/C20H20ClN5O/c1-11-22-9-14(10-23-11)13-5-6-15-16(7-13)26(19(27)20(15,3)4)18-8-17(21)24-12(2)25-18/h5-10,17H,1-4H3,(H,24,25). The molecule has 0 spiro atoms. The van der Waals surface area contributed by atoms with Gasteiger partial charge in [-0.1, -0.05) is 23.7 Å². The third-order valence-corrected chi connectivity index (χ3v) is 5.15. The number of nitrogens with zero attached hydrogens (tertiary/aromatic N) is 4. The van der Waals surface area contributed by atoms with Gasteiger partial charge < -0.3 is 5.32 Å². The summed E-state index contributed by atoms with van der Waals surface area (Å²) in [6.45, 7) is 7.55. The highest BCUT2D eigenvalue weighted by Gasteiger charge is 2.45. The minimum atomic E-state index is -0.634. The number of carbonyl (C=O) groups is 1. The van der Waals surface area contributed by atoms with E-state index >= 15 is 0 Å². The van der Waals surface area contributed by atoms with Crippen molar-refractivity contribution in [3.63, 3.8) is 0 Å². The van der Waals surface area contributed by atoms with E-state index in [2.05, 4.69) is 20.3 Å². The molecule has 3 heterocycles. The number of aromatic nitrogens is 2. The molecule has 1 N–H and O–H groups in total. The van der Waals surface area contributed by atoms with Crippen molar-refractivity contribution < 1.29 is 4.79 Å². The van der Waals surface area contributed by atoms with Crippen LogP contribution in [0.25, 0.3) is 11.1 Å². The lowest BCUT2D eigenvalue weighted by molar-refractivity contribution is -0.121. The van der Waals surface area contributed by atoms with Gasteiger partial charge in [-0.25, -0.2) is 15.0 Å². The van der Waals surface area contributed by atoms with Gasteiger partial charge in [0.2, 0.25) is 5.91 Å². The number of benzene rings is 1. The molecule has 138 valence electrons. The van der Waals surface area contributed by atoms with E-state index in [0.29, 0.717) is 11.7 Å². The van der Waals surface area contributed by atoms with Gasteiger partial charge in [0.05, 0.1) is 11.1 Å². The second-order valence-corrected chi connectivity index (χ2v) is 7.73. The summed E-state index contributed by atoms with van der Waals surface area (Å²) in [7, 11) is 0. The van der Waals surface area contributed by atoms with Crippen LogP contribution >= 0.6 is 11.6 Å². The molecule has 6 nitrogen and oxygen atoms in total. The van der Waals surface area contributed by atoms with Crippen LogP contribution in [0, 0.1) is 6.92 Å². The number of aliphatic imine (C=N–C) groups is 1. The molecule has 4 rings (SSSR count). The van der Waals surface area contributed by atoms with Gasteiger partial charge in [0, 0.05) is 18.0 Å². The molecule has 1 aromatic carbocycles. The summed E-state index contributed by atoms with van der Waals surface area (Å²) >= 11 is 6.21. The summed E-state index contributed by atoms with van der Waals surface area (Å²) in [5.41, 5.74) is 2.52. The summed E-state index contributed by atoms with van der Waals surface area (Å²) in [6.07, 6.45) is 5.33. The van der Waals surface area contributed by atoms with E-state index in [1.807, 2.05) is 45.9 Å². The number of hydrogen-bond donors (Lipinski definition) is 1. The zero-order valence-corrected chi connectivity index (χ0v) is 16.4. The fourth-order valence-electron chi connectivity index (χ4n) is 3.45. The van der Waals surface area contributed by atoms with E-state index in [-0.39, 0.29) is 5.91 Å². The molecule has 1 atom stereocenters. The van der Waals surface area contributed by atoms with E-state index in [0.717, 1.165) is 28.2 Å². The van der Waals surface area contributed by atoms with E-state index in [1.54, 1.807) is 23.4 Å². The molecule has 1 amide bonds. The topological polar surface area (TPSA) is 70.5 Å². The second-order valence-electron chi connectivity index (χ2n) is 7.28. The summed E-state index contributed by atoms with van der Waals surface area (Å²) in [5, 5.41) is 3.17. The van der Waals surface area contributed by atoms with E-state index < -0.39 is 10.9 Å². The highest BCUT2D eigenvalue weighted by Crippen LogP contribution is 2.45. The van der Waals surface area contributed by atoms with Crippen LogP contribution in [-0.2, 0) is 10.2 Å². The largest absolute Gasteiger partial charge is 0.330 e. The minimum absolute atomic E-state index is 0.00729. The van der Waals surface area contributed by atoms with Crippen LogP contribution in [0.1, 0.15) is 32.2 Å². The van der Waals surface area contributed by atoms with Crippen LogP contribution < -0.4 is 10.2 Å². The Balaban J connectivity index is 1.83. The third-order valence-electron chi connectivity index (χ3n) is 4.93. The van der Waals surface area contributed by atoms with Gasteiger partial charge in [-0.05, 0) is 51.0 Å². The average molecular weight is 382 g/mol. The fraction of sp³-hybridized carbons (Fsp3) is 0.300. The van der Waals surface area contributed by atoms with Crippen LogP contribution in [0.5, 0.6) is 0 Å².